The first-order valence-corrected chi connectivity index (χ1v) is 8.21. The molecule has 0 radical (unpaired) electrons. The highest BCUT2D eigenvalue weighted by Gasteiger charge is 2.11. The Kier molecular flexibility index (Phi) is 4.62. The van der Waals surface area contributed by atoms with Crippen molar-refractivity contribution in [1.29, 1.82) is 0 Å². The van der Waals surface area contributed by atoms with E-state index in [0.29, 0.717) is 10.7 Å². The molecule has 1 aromatic carbocycles. The van der Waals surface area contributed by atoms with E-state index in [9.17, 15) is 4.79 Å². The number of aromatic nitrogens is 1. The second-order valence-electron chi connectivity index (χ2n) is 5.33. The van der Waals surface area contributed by atoms with Crippen LogP contribution >= 0.6 is 11.3 Å². The van der Waals surface area contributed by atoms with Gasteiger partial charge in [-0.25, -0.2) is 4.98 Å². The lowest BCUT2D eigenvalue weighted by molar-refractivity contribution is 0.102. The van der Waals surface area contributed by atoms with Gasteiger partial charge in [-0.3, -0.25) is 15.0 Å². The first kappa shape index (κ1) is 14.2. The zero-order chi connectivity index (χ0) is 14.5. The number of carbonyl (C=O) groups is 1. The molecule has 0 unspecified atom stereocenters. The van der Waals surface area contributed by atoms with Gasteiger partial charge in [-0.05, 0) is 43.6 Å². The molecule has 110 valence electrons. The number of thiazole rings is 1. The Labute approximate surface area is 128 Å². The average molecular weight is 301 g/mol. The summed E-state index contributed by atoms with van der Waals surface area (Å²) < 4.78 is 0. The molecule has 2 heterocycles. The van der Waals surface area contributed by atoms with E-state index in [-0.39, 0.29) is 5.91 Å². The van der Waals surface area contributed by atoms with Crippen molar-refractivity contribution in [3.05, 3.63) is 47.0 Å². The second-order valence-corrected chi connectivity index (χ2v) is 6.22. The summed E-state index contributed by atoms with van der Waals surface area (Å²) in [4.78, 5) is 18.6. The molecule has 1 aromatic heterocycles. The molecule has 0 spiro atoms. The Morgan fingerprint density at radius 3 is 2.62 bits per heavy atom. The number of rotatable bonds is 4. The van der Waals surface area contributed by atoms with Crippen LogP contribution in [-0.4, -0.2) is 28.9 Å². The van der Waals surface area contributed by atoms with Crippen LogP contribution in [-0.2, 0) is 6.54 Å². The van der Waals surface area contributed by atoms with Gasteiger partial charge < -0.3 is 0 Å². The lowest BCUT2D eigenvalue weighted by atomic mass is 10.1. The Morgan fingerprint density at radius 2 is 1.95 bits per heavy atom. The molecule has 1 saturated heterocycles. The zero-order valence-electron chi connectivity index (χ0n) is 11.9. The fourth-order valence-corrected chi connectivity index (χ4v) is 3.12. The number of likely N-dealkylation sites (tertiary alicyclic amines) is 1. The summed E-state index contributed by atoms with van der Waals surface area (Å²) in [5.74, 6) is -0.102. The van der Waals surface area contributed by atoms with Gasteiger partial charge in [0.2, 0.25) is 0 Å². The molecule has 0 aliphatic carbocycles. The van der Waals surface area contributed by atoms with Gasteiger partial charge in [-0.15, -0.1) is 11.3 Å². The van der Waals surface area contributed by atoms with Crippen molar-refractivity contribution in [2.24, 2.45) is 0 Å². The van der Waals surface area contributed by atoms with Crippen molar-refractivity contribution >= 4 is 22.4 Å². The number of hydrogen-bond acceptors (Lipinski definition) is 4. The fourth-order valence-electron chi connectivity index (χ4n) is 2.59. The van der Waals surface area contributed by atoms with Gasteiger partial charge in [0.15, 0.2) is 5.13 Å². The fraction of sp³-hybridized carbons (Fsp3) is 0.375. The van der Waals surface area contributed by atoms with E-state index in [1.54, 1.807) is 6.20 Å². The number of nitrogens with one attached hydrogen (secondary N) is 1. The molecule has 0 bridgehead atoms. The summed E-state index contributed by atoms with van der Waals surface area (Å²) >= 11 is 1.42. The summed E-state index contributed by atoms with van der Waals surface area (Å²) in [7, 11) is 0. The van der Waals surface area contributed by atoms with Crippen molar-refractivity contribution in [3.63, 3.8) is 0 Å². The molecule has 1 fully saturated rings. The maximum atomic E-state index is 12.1. The zero-order valence-corrected chi connectivity index (χ0v) is 12.7. The maximum absolute atomic E-state index is 12.1. The predicted molar refractivity (Wildman–Crippen MR) is 85.6 cm³/mol. The van der Waals surface area contributed by atoms with Crippen molar-refractivity contribution in [3.8, 4) is 0 Å². The number of anilines is 1. The van der Waals surface area contributed by atoms with Gasteiger partial charge in [0, 0.05) is 23.7 Å². The Hall–Kier alpha value is -1.72. The van der Waals surface area contributed by atoms with Crippen LogP contribution in [0.2, 0.25) is 0 Å². The smallest absolute Gasteiger partial charge is 0.257 e. The van der Waals surface area contributed by atoms with Gasteiger partial charge in [0.1, 0.15) is 0 Å². The summed E-state index contributed by atoms with van der Waals surface area (Å²) in [5.41, 5.74) is 1.94. The Balaban J connectivity index is 1.59. The first-order chi connectivity index (χ1) is 10.3. The summed E-state index contributed by atoms with van der Waals surface area (Å²) in [5, 5.41) is 5.28. The average Bonchev–Trinajstić information content (AvgIpc) is 3.02. The Bertz CT molecular complexity index is 574. The number of piperidine rings is 1. The summed E-state index contributed by atoms with van der Waals surface area (Å²) in [6.45, 7) is 3.35. The van der Waals surface area contributed by atoms with Gasteiger partial charge in [-0.1, -0.05) is 18.6 Å². The van der Waals surface area contributed by atoms with Crippen LogP contribution in [0.1, 0.15) is 35.2 Å². The van der Waals surface area contributed by atoms with E-state index < -0.39 is 0 Å². The number of nitrogens with zero attached hydrogens (tertiary/aromatic N) is 2. The highest BCUT2D eigenvalue weighted by atomic mass is 32.1. The van der Waals surface area contributed by atoms with Crippen molar-refractivity contribution in [2.75, 3.05) is 18.4 Å². The van der Waals surface area contributed by atoms with Crippen LogP contribution in [0.5, 0.6) is 0 Å². The van der Waals surface area contributed by atoms with E-state index in [4.69, 9.17) is 0 Å². The third-order valence-corrected chi connectivity index (χ3v) is 4.41. The number of carbonyl (C=O) groups excluding carboxylic acids is 1. The normalized spacial score (nSPS) is 15.8. The molecule has 4 nitrogen and oxygen atoms in total. The van der Waals surface area contributed by atoms with Crippen LogP contribution in [0.4, 0.5) is 5.13 Å². The SMILES string of the molecule is O=C(Nc1nccs1)c1ccc(CN2CCCCC2)cc1. The third-order valence-electron chi connectivity index (χ3n) is 3.72. The molecule has 1 aliphatic heterocycles. The largest absolute Gasteiger partial charge is 0.299 e. The van der Waals surface area contributed by atoms with E-state index in [1.165, 1.54) is 49.3 Å². The Morgan fingerprint density at radius 1 is 1.19 bits per heavy atom. The van der Waals surface area contributed by atoms with Crippen LogP contribution in [0.25, 0.3) is 0 Å². The summed E-state index contributed by atoms with van der Waals surface area (Å²) in [6.07, 6.45) is 5.64. The maximum Gasteiger partial charge on any atom is 0.257 e. The second kappa shape index (κ2) is 6.83. The molecule has 1 amide bonds. The van der Waals surface area contributed by atoms with Gasteiger partial charge in [-0.2, -0.15) is 0 Å². The van der Waals surface area contributed by atoms with Crippen LogP contribution in [0, 0.1) is 0 Å². The topological polar surface area (TPSA) is 45.2 Å². The minimum absolute atomic E-state index is 0.102. The van der Waals surface area contributed by atoms with Crippen LogP contribution in [0.15, 0.2) is 35.8 Å². The molecule has 2 aromatic rings. The van der Waals surface area contributed by atoms with Crippen molar-refractivity contribution < 1.29 is 4.79 Å². The van der Waals surface area contributed by atoms with Gasteiger partial charge in [0.25, 0.3) is 5.91 Å². The van der Waals surface area contributed by atoms with E-state index >= 15 is 0 Å². The minimum Gasteiger partial charge on any atom is -0.299 e. The standard InChI is InChI=1S/C16H19N3OS/c20-15(18-16-17-8-11-21-16)14-6-4-13(5-7-14)12-19-9-2-1-3-10-19/h4-8,11H,1-3,9-10,12H2,(H,17,18,20). The first-order valence-electron chi connectivity index (χ1n) is 7.33. The van der Waals surface area contributed by atoms with Crippen molar-refractivity contribution in [2.45, 2.75) is 25.8 Å². The molecule has 1 aliphatic rings. The van der Waals surface area contributed by atoms with Crippen LogP contribution < -0.4 is 5.32 Å². The molecule has 3 rings (SSSR count). The monoisotopic (exact) mass is 301 g/mol. The highest BCUT2D eigenvalue weighted by molar-refractivity contribution is 7.13. The predicted octanol–water partition coefficient (Wildman–Crippen LogP) is 3.38. The molecule has 21 heavy (non-hydrogen) atoms. The van der Waals surface area contributed by atoms with Crippen LogP contribution in [0.3, 0.4) is 0 Å². The lowest BCUT2D eigenvalue weighted by Gasteiger charge is -2.26. The quantitative estimate of drug-likeness (QED) is 0.941. The minimum atomic E-state index is -0.102. The third kappa shape index (κ3) is 3.89. The lowest BCUT2D eigenvalue weighted by Crippen LogP contribution is -2.29. The number of amides is 1. The summed E-state index contributed by atoms with van der Waals surface area (Å²) in [6, 6.07) is 7.88. The van der Waals surface area contributed by atoms with E-state index in [2.05, 4.69) is 15.2 Å². The molecular weight excluding hydrogens is 282 g/mol. The molecule has 5 heteroatoms. The number of hydrogen-bond donors (Lipinski definition) is 1. The molecule has 0 atom stereocenters. The van der Waals surface area contributed by atoms with E-state index in [0.717, 1.165) is 6.54 Å². The molecular formula is C16H19N3OS. The van der Waals surface area contributed by atoms with Gasteiger partial charge in [0.05, 0.1) is 0 Å². The molecule has 0 saturated carbocycles. The number of benzene rings is 1. The molecule has 1 N–H and O–H groups in total. The van der Waals surface area contributed by atoms with E-state index in [1.807, 2.05) is 29.6 Å². The van der Waals surface area contributed by atoms with Gasteiger partial charge >= 0.3 is 0 Å². The van der Waals surface area contributed by atoms with Crippen molar-refractivity contribution in [1.82, 2.24) is 9.88 Å². The highest BCUT2D eigenvalue weighted by Crippen LogP contribution is 2.15.